The number of aryl methyl sites for hydroxylation is 1. The Labute approximate surface area is 142 Å². The Morgan fingerprint density at radius 3 is 2.74 bits per heavy atom. The van der Waals surface area contributed by atoms with E-state index in [-0.39, 0.29) is 0 Å². The van der Waals surface area contributed by atoms with Crippen LogP contribution in [0.4, 0.5) is 0 Å². The Balaban J connectivity index is 1.56. The van der Waals surface area contributed by atoms with Gasteiger partial charge in [-0.05, 0) is 44.7 Å². The maximum absolute atomic E-state index is 4.53. The zero-order valence-electron chi connectivity index (χ0n) is 14.0. The van der Waals surface area contributed by atoms with Crippen LogP contribution < -0.4 is 0 Å². The summed E-state index contributed by atoms with van der Waals surface area (Å²) in [6.45, 7) is 3.89. The fourth-order valence-electron chi connectivity index (χ4n) is 3.00. The number of rotatable bonds is 7. The Bertz CT molecular complexity index is 622. The molecule has 0 radical (unpaired) electrons. The van der Waals surface area contributed by atoms with Gasteiger partial charge in [-0.3, -0.25) is 10.00 Å². The second kappa shape index (κ2) is 7.93. The Kier molecular flexibility index (Phi) is 5.67. The van der Waals surface area contributed by atoms with Crippen LogP contribution >= 0.6 is 11.8 Å². The molecule has 2 aromatic rings. The van der Waals surface area contributed by atoms with Crippen LogP contribution in [0.5, 0.6) is 0 Å². The molecule has 1 aliphatic carbocycles. The van der Waals surface area contributed by atoms with E-state index in [9.17, 15) is 0 Å². The molecule has 5 nitrogen and oxygen atoms in total. The maximum Gasteiger partial charge on any atom is 0.187 e. The third kappa shape index (κ3) is 4.32. The summed E-state index contributed by atoms with van der Waals surface area (Å²) in [5.41, 5.74) is 5.15. The largest absolute Gasteiger partial charge is 0.296 e. The minimum atomic E-state index is 0.848. The van der Waals surface area contributed by atoms with E-state index in [1.807, 2.05) is 12.4 Å². The van der Waals surface area contributed by atoms with Gasteiger partial charge in [-0.15, -0.1) is 0 Å². The van der Waals surface area contributed by atoms with E-state index >= 15 is 0 Å². The van der Waals surface area contributed by atoms with Gasteiger partial charge in [0.25, 0.3) is 0 Å². The van der Waals surface area contributed by atoms with Crippen LogP contribution in [-0.4, -0.2) is 37.9 Å². The monoisotopic (exact) mass is 331 g/mol. The number of H-pyrrole nitrogens is 1. The lowest BCUT2D eigenvalue weighted by Crippen LogP contribution is -2.19. The summed E-state index contributed by atoms with van der Waals surface area (Å²) in [6, 6.07) is 0. The van der Waals surface area contributed by atoms with E-state index in [1.165, 1.54) is 36.2 Å². The fraction of sp³-hybridized carbons (Fsp3) is 0.588. The highest BCUT2D eigenvalue weighted by atomic mass is 32.2. The number of fused-ring (bicyclic) bond motifs is 1. The molecule has 0 unspecified atom stereocenters. The fourth-order valence-corrected chi connectivity index (χ4v) is 3.64. The highest BCUT2D eigenvalue weighted by Crippen LogP contribution is 2.23. The van der Waals surface area contributed by atoms with Crippen molar-refractivity contribution in [2.45, 2.75) is 57.3 Å². The molecule has 0 bridgehead atoms. The minimum Gasteiger partial charge on any atom is -0.296 e. The van der Waals surface area contributed by atoms with E-state index in [0.29, 0.717) is 0 Å². The average Bonchev–Trinajstić information content (AvgIpc) is 2.97. The predicted octanol–water partition coefficient (Wildman–Crippen LogP) is 3.21. The smallest absolute Gasteiger partial charge is 0.187 e. The van der Waals surface area contributed by atoms with Crippen molar-refractivity contribution in [3.63, 3.8) is 0 Å². The van der Waals surface area contributed by atoms with Gasteiger partial charge in [-0.1, -0.05) is 18.7 Å². The molecule has 0 fully saturated rings. The molecule has 0 aromatic carbocycles. The molecule has 6 heteroatoms. The van der Waals surface area contributed by atoms with Gasteiger partial charge in [0, 0.05) is 42.5 Å². The summed E-state index contributed by atoms with van der Waals surface area (Å²) in [7, 11) is 2.13. The molecular formula is C17H25N5S. The minimum absolute atomic E-state index is 0.848. The van der Waals surface area contributed by atoms with E-state index in [1.54, 1.807) is 11.8 Å². The van der Waals surface area contributed by atoms with Gasteiger partial charge in [0.1, 0.15) is 0 Å². The molecule has 23 heavy (non-hydrogen) atoms. The van der Waals surface area contributed by atoms with Gasteiger partial charge in [0.05, 0.1) is 5.69 Å². The zero-order valence-corrected chi connectivity index (χ0v) is 14.8. The van der Waals surface area contributed by atoms with E-state index in [0.717, 1.165) is 42.4 Å². The molecule has 0 aliphatic heterocycles. The summed E-state index contributed by atoms with van der Waals surface area (Å²) in [4.78, 5) is 11.2. The van der Waals surface area contributed by atoms with Crippen LogP contribution in [0.2, 0.25) is 0 Å². The molecule has 0 atom stereocenters. The van der Waals surface area contributed by atoms with Gasteiger partial charge < -0.3 is 0 Å². The van der Waals surface area contributed by atoms with Crippen LogP contribution in [0.1, 0.15) is 48.7 Å². The summed E-state index contributed by atoms with van der Waals surface area (Å²) in [5, 5.41) is 8.62. The second-order valence-corrected chi connectivity index (χ2v) is 7.29. The van der Waals surface area contributed by atoms with Crippen molar-refractivity contribution in [2.75, 3.05) is 12.8 Å². The van der Waals surface area contributed by atoms with Crippen LogP contribution in [-0.2, 0) is 25.9 Å². The van der Waals surface area contributed by atoms with Crippen molar-refractivity contribution < 1.29 is 0 Å². The summed E-state index contributed by atoms with van der Waals surface area (Å²) < 4.78 is 0. The van der Waals surface area contributed by atoms with Gasteiger partial charge in [0.15, 0.2) is 5.16 Å². The van der Waals surface area contributed by atoms with E-state index < -0.39 is 0 Å². The molecule has 124 valence electrons. The van der Waals surface area contributed by atoms with Gasteiger partial charge >= 0.3 is 0 Å². The molecule has 1 N–H and O–H groups in total. The number of thioether (sulfide) groups is 1. The first kappa shape index (κ1) is 16.5. The SMILES string of the molecule is CCCSc1ncc(CN(C)Cc2n[nH]c3c2CCCC3)cn1. The molecule has 0 saturated carbocycles. The lowest BCUT2D eigenvalue weighted by molar-refractivity contribution is 0.312. The third-order valence-corrected chi connectivity index (χ3v) is 5.21. The van der Waals surface area contributed by atoms with Crippen LogP contribution in [0.25, 0.3) is 0 Å². The summed E-state index contributed by atoms with van der Waals surface area (Å²) in [5.74, 6) is 1.07. The Morgan fingerprint density at radius 1 is 1.17 bits per heavy atom. The number of nitrogens with zero attached hydrogens (tertiary/aromatic N) is 4. The molecule has 2 heterocycles. The number of nitrogens with one attached hydrogen (secondary N) is 1. The van der Waals surface area contributed by atoms with Gasteiger partial charge in [-0.2, -0.15) is 5.10 Å². The number of hydrogen-bond acceptors (Lipinski definition) is 5. The first-order valence-corrected chi connectivity index (χ1v) is 9.42. The second-order valence-electron chi connectivity index (χ2n) is 6.23. The standard InChI is InChI=1S/C17H25N5S/c1-3-8-23-17-18-9-13(10-19-17)11-22(2)12-16-14-6-4-5-7-15(14)20-21-16/h9-10H,3-8,11-12H2,1-2H3,(H,20,21). The van der Waals surface area contributed by atoms with Crippen LogP contribution in [0.15, 0.2) is 17.6 Å². The zero-order chi connectivity index (χ0) is 16.1. The highest BCUT2D eigenvalue weighted by Gasteiger charge is 2.17. The Hall–Kier alpha value is -1.40. The quantitative estimate of drug-likeness (QED) is 0.623. The predicted molar refractivity (Wildman–Crippen MR) is 93.4 cm³/mol. The molecule has 1 aliphatic rings. The van der Waals surface area contributed by atoms with Crippen molar-refractivity contribution >= 4 is 11.8 Å². The number of hydrogen-bond donors (Lipinski definition) is 1. The molecule has 2 aromatic heterocycles. The van der Waals surface area contributed by atoms with Crippen molar-refractivity contribution in [1.29, 1.82) is 0 Å². The van der Waals surface area contributed by atoms with E-state index in [2.05, 4.69) is 39.0 Å². The molecule has 0 saturated heterocycles. The number of aromatic amines is 1. The van der Waals surface area contributed by atoms with E-state index in [4.69, 9.17) is 0 Å². The molecule has 3 rings (SSSR count). The normalized spacial score (nSPS) is 14.2. The van der Waals surface area contributed by atoms with Gasteiger partial charge in [-0.25, -0.2) is 9.97 Å². The van der Waals surface area contributed by atoms with Gasteiger partial charge in [0.2, 0.25) is 0 Å². The molecule has 0 amide bonds. The Morgan fingerprint density at radius 2 is 1.96 bits per heavy atom. The van der Waals surface area contributed by atoms with Crippen molar-refractivity contribution in [1.82, 2.24) is 25.1 Å². The van der Waals surface area contributed by atoms with Crippen LogP contribution in [0, 0.1) is 0 Å². The van der Waals surface area contributed by atoms with Crippen LogP contribution in [0.3, 0.4) is 0 Å². The summed E-state index contributed by atoms with van der Waals surface area (Å²) in [6.07, 6.45) is 9.92. The molecule has 0 spiro atoms. The lowest BCUT2D eigenvalue weighted by atomic mass is 9.96. The first-order valence-electron chi connectivity index (χ1n) is 8.43. The molecular weight excluding hydrogens is 306 g/mol. The number of aromatic nitrogens is 4. The highest BCUT2D eigenvalue weighted by molar-refractivity contribution is 7.99. The third-order valence-electron chi connectivity index (χ3n) is 4.13. The van der Waals surface area contributed by atoms with Crippen molar-refractivity contribution in [3.05, 3.63) is 34.9 Å². The average molecular weight is 331 g/mol. The maximum atomic E-state index is 4.53. The van der Waals surface area contributed by atoms with Crippen molar-refractivity contribution in [2.24, 2.45) is 0 Å². The summed E-state index contributed by atoms with van der Waals surface area (Å²) >= 11 is 1.72. The van der Waals surface area contributed by atoms with Crippen molar-refractivity contribution in [3.8, 4) is 0 Å². The topological polar surface area (TPSA) is 57.7 Å². The first-order chi connectivity index (χ1) is 11.3. The lowest BCUT2D eigenvalue weighted by Gasteiger charge is -2.17.